The molecule has 0 saturated heterocycles. The molecule has 108 valence electrons. The highest BCUT2D eigenvalue weighted by molar-refractivity contribution is 5.99. The number of para-hydroxylation sites is 1. The van der Waals surface area contributed by atoms with E-state index in [-0.39, 0.29) is 11.9 Å². The van der Waals surface area contributed by atoms with Gasteiger partial charge in [0.05, 0.1) is 0 Å². The fraction of sp³-hybridized carbons (Fsp3) is 0.438. The van der Waals surface area contributed by atoms with E-state index < -0.39 is 0 Å². The van der Waals surface area contributed by atoms with Crippen molar-refractivity contribution < 1.29 is 9.21 Å². The van der Waals surface area contributed by atoms with E-state index in [9.17, 15) is 4.79 Å². The summed E-state index contributed by atoms with van der Waals surface area (Å²) in [5, 5.41) is 3.94. The second-order valence-corrected chi connectivity index (χ2v) is 5.59. The first-order valence-corrected chi connectivity index (χ1v) is 7.02. The number of nitrogens with two attached hydrogens (primary N) is 1. The SMILES string of the molecule is Cc1c(C(=O)NC(CN)CC(C)C)oc2ccccc12. The molecule has 1 heterocycles. The normalized spacial score (nSPS) is 12.8. The molecule has 2 rings (SSSR count). The van der Waals surface area contributed by atoms with Gasteiger partial charge in [-0.3, -0.25) is 4.79 Å². The highest BCUT2D eigenvalue weighted by atomic mass is 16.3. The molecule has 0 aliphatic heterocycles. The molecule has 1 unspecified atom stereocenters. The fourth-order valence-corrected chi connectivity index (χ4v) is 2.42. The first kappa shape index (κ1) is 14.6. The first-order valence-electron chi connectivity index (χ1n) is 7.02. The van der Waals surface area contributed by atoms with Crippen molar-refractivity contribution in [2.45, 2.75) is 33.2 Å². The van der Waals surface area contributed by atoms with Crippen molar-refractivity contribution in [1.29, 1.82) is 0 Å². The smallest absolute Gasteiger partial charge is 0.287 e. The van der Waals surface area contributed by atoms with Gasteiger partial charge in [-0.2, -0.15) is 0 Å². The zero-order valence-corrected chi connectivity index (χ0v) is 12.3. The van der Waals surface area contributed by atoms with Crippen molar-refractivity contribution in [3.63, 3.8) is 0 Å². The maximum Gasteiger partial charge on any atom is 0.287 e. The lowest BCUT2D eigenvalue weighted by molar-refractivity contribution is 0.0907. The summed E-state index contributed by atoms with van der Waals surface area (Å²) >= 11 is 0. The Morgan fingerprint density at radius 2 is 2.05 bits per heavy atom. The zero-order chi connectivity index (χ0) is 14.7. The van der Waals surface area contributed by atoms with Gasteiger partial charge in [0.2, 0.25) is 0 Å². The molecule has 3 N–H and O–H groups in total. The Kier molecular flexibility index (Phi) is 4.45. The summed E-state index contributed by atoms with van der Waals surface area (Å²) in [5.41, 5.74) is 7.33. The van der Waals surface area contributed by atoms with Crippen LogP contribution in [0.2, 0.25) is 0 Å². The van der Waals surface area contributed by atoms with Crippen molar-refractivity contribution in [3.8, 4) is 0 Å². The Morgan fingerprint density at radius 3 is 2.65 bits per heavy atom. The minimum Gasteiger partial charge on any atom is -0.451 e. The van der Waals surface area contributed by atoms with Crippen LogP contribution >= 0.6 is 0 Å². The lowest BCUT2D eigenvalue weighted by Gasteiger charge is -2.18. The topological polar surface area (TPSA) is 68.3 Å². The Hall–Kier alpha value is -1.81. The van der Waals surface area contributed by atoms with E-state index in [1.165, 1.54) is 0 Å². The van der Waals surface area contributed by atoms with Crippen LogP contribution in [0.5, 0.6) is 0 Å². The molecule has 0 aliphatic carbocycles. The number of aryl methyl sites for hydroxylation is 1. The lowest BCUT2D eigenvalue weighted by Crippen LogP contribution is -2.41. The number of rotatable bonds is 5. The molecule has 0 bridgehead atoms. The molecule has 20 heavy (non-hydrogen) atoms. The lowest BCUT2D eigenvalue weighted by atomic mass is 10.0. The van der Waals surface area contributed by atoms with Gasteiger partial charge in [-0.05, 0) is 25.3 Å². The number of fused-ring (bicyclic) bond motifs is 1. The highest BCUT2D eigenvalue weighted by Gasteiger charge is 2.20. The van der Waals surface area contributed by atoms with Crippen LogP contribution in [0.4, 0.5) is 0 Å². The fourth-order valence-electron chi connectivity index (χ4n) is 2.42. The number of carbonyl (C=O) groups is 1. The third-order valence-electron chi connectivity index (χ3n) is 3.43. The van der Waals surface area contributed by atoms with Crippen LogP contribution in [0, 0.1) is 12.8 Å². The third kappa shape index (κ3) is 3.02. The molecule has 1 amide bonds. The van der Waals surface area contributed by atoms with Gasteiger partial charge in [-0.25, -0.2) is 0 Å². The van der Waals surface area contributed by atoms with Crippen LogP contribution in [0.3, 0.4) is 0 Å². The summed E-state index contributed by atoms with van der Waals surface area (Å²) in [5.74, 6) is 0.684. The molecular formula is C16H22N2O2. The summed E-state index contributed by atoms with van der Waals surface area (Å²) in [6, 6.07) is 7.64. The van der Waals surface area contributed by atoms with E-state index in [0.717, 1.165) is 23.0 Å². The second-order valence-electron chi connectivity index (χ2n) is 5.59. The minimum absolute atomic E-state index is 0.0184. The molecule has 4 nitrogen and oxygen atoms in total. The number of benzene rings is 1. The average molecular weight is 274 g/mol. The molecule has 1 aromatic carbocycles. The van der Waals surface area contributed by atoms with E-state index in [2.05, 4.69) is 19.2 Å². The monoisotopic (exact) mass is 274 g/mol. The van der Waals surface area contributed by atoms with Crippen LogP contribution < -0.4 is 11.1 Å². The van der Waals surface area contributed by atoms with E-state index in [4.69, 9.17) is 10.2 Å². The molecule has 0 saturated carbocycles. The van der Waals surface area contributed by atoms with Gasteiger partial charge in [0.15, 0.2) is 5.76 Å². The molecule has 0 spiro atoms. The number of amides is 1. The first-order chi connectivity index (χ1) is 9.52. The van der Waals surface area contributed by atoms with Crippen LogP contribution in [0.15, 0.2) is 28.7 Å². The van der Waals surface area contributed by atoms with Gasteiger partial charge in [0.1, 0.15) is 5.58 Å². The van der Waals surface area contributed by atoms with Crippen molar-refractivity contribution >= 4 is 16.9 Å². The van der Waals surface area contributed by atoms with Gasteiger partial charge >= 0.3 is 0 Å². The second kappa shape index (κ2) is 6.09. The quantitative estimate of drug-likeness (QED) is 0.881. The van der Waals surface area contributed by atoms with E-state index in [1.54, 1.807) is 0 Å². The molecule has 0 radical (unpaired) electrons. The Morgan fingerprint density at radius 1 is 1.35 bits per heavy atom. The van der Waals surface area contributed by atoms with Crippen LogP contribution in [-0.2, 0) is 0 Å². The Balaban J connectivity index is 2.20. The summed E-state index contributed by atoms with van der Waals surface area (Å²) in [4.78, 5) is 12.3. The predicted octanol–water partition coefficient (Wildman–Crippen LogP) is 2.84. The van der Waals surface area contributed by atoms with Crippen molar-refractivity contribution in [3.05, 3.63) is 35.6 Å². The molecule has 1 atom stereocenters. The van der Waals surface area contributed by atoms with Crippen LogP contribution in [-0.4, -0.2) is 18.5 Å². The molecule has 2 aromatic rings. The van der Waals surface area contributed by atoms with E-state index in [0.29, 0.717) is 18.2 Å². The summed E-state index contributed by atoms with van der Waals surface area (Å²) in [6.07, 6.45) is 0.863. The Bertz CT molecular complexity index is 602. The van der Waals surface area contributed by atoms with E-state index >= 15 is 0 Å². The number of nitrogens with one attached hydrogen (secondary N) is 1. The van der Waals surface area contributed by atoms with Gasteiger partial charge in [-0.1, -0.05) is 32.0 Å². The van der Waals surface area contributed by atoms with Gasteiger partial charge in [0.25, 0.3) is 5.91 Å². The van der Waals surface area contributed by atoms with Gasteiger partial charge in [-0.15, -0.1) is 0 Å². The van der Waals surface area contributed by atoms with Crippen molar-refractivity contribution in [2.24, 2.45) is 11.7 Å². The van der Waals surface area contributed by atoms with Crippen LogP contribution in [0.1, 0.15) is 36.4 Å². The molecule has 0 fully saturated rings. The highest BCUT2D eigenvalue weighted by Crippen LogP contribution is 2.24. The average Bonchev–Trinajstić information content (AvgIpc) is 2.75. The number of carbonyl (C=O) groups excluding carboxylic acids is 1. The number of furan rings is 1. The van der Waals surface area contributed by atoms with Crippen molar-refractivity contribution in [1.82, 2.24) is 5.32 Å². The number of hydrogen-bond donors (Lipinski definition) is 2. The van der Waals surface area contributed by atoms with Gasteiger partial charge in [0, 0.05) is 23.5 Å². The summed E-state index contributed by atoms with van der Waals surface area (Å²) < 4.78 is 5.66. The maximum atomic E-state index is 12.3. The number of hydrogen-bond acceptors (Lipinski definition) is 3. The molecular weight excluding hydrogens is 252 g/mol. The maximum absolute atomic E-state index is 12.3. The van der Waals surface area contributed by atoms with Crippen molar-refractivity contribution in [2.75, 3.05) is 6.54 Å². The summed E-state index contributed by atoms with van der Waals surface area (Å²) in [6.45, 7) is 6.56. The summed E-state index contributed by atoms with van der Waals surface area (Å²) in [7, 11) is 0. The standard InChI is InChI=1S/C16H22N2O2/c1-10(2)8-12(9-17)18-16(19)15-11(3)13-6-4-5-7-14(13)20-15/h4-7,10,12H,8-9,17H2,1-3H3,(H,18,19). The van der Waals surface area contributed by atoms with E-state index in [1.807, 2.05) is 31.2 Å². The molecule has 0 aliphatic rings. The van der Waals surface area contributed by atoms with Crippen LogP contribution in [0.25, 0.3) is 11.0 Å². The molecule has 4 heteroatoms. The third-order valence-corrected chi connectivity index (χ3v) is 3.43. The predicted molar refractivity (Wildman–Crippen MR) is 80.7 cm³/mol. The largest absolute Gasteiger partial charge is 0.451 e. The van der Waals surface area contributed by atoms with Gasteiger partial charge < -0.3 is 15.5 Å². The molecule has 1 aromatic heterocycles. The minimum atomic E-state index is -0.185. The zero-order valence-electron chi connectivity index (χ0n) is 12.3. The Labute approximate surface area is 119 Å².